The Labute approximate surface area is 111 Å². The fraction of sp³-hybridized carbons (Fsp3) is 0.417. The Morgan fingerprint density at radius 2 is 1.84 bits per heavy atom. The summed E-state index contributed by atoms with van der Waals surface area (Å²) in [5.41, 5.74) is 4.03. The van der Waals surface area contributed by atoms with E-state index in [2.05, 4.69) is 0 Å². The lowest BCUT2D eigenvalue weighted by molar-refractivity contribution is -0.146. The van der Waals surface area contributed by atoms with Gasteiger partial charge in [0.1, 0.15) is 11.6 Å². The highest BCUT2D eigenvalue weighted by atomic mass is 32.2. The second-order valence-electron chi connectivity index (χ2n) is 4.39. The molecule has 0 spiro atoms. The highest BCUT2D eigenvalue weighted by molar-refractivity contribution is 7.90. The van der Waals surface area contributed by atoms with Crippen LogP contribution in [-0.4, -0.2) is 36.9 Å². The van der Waals surface area contributed by atoms with E-state index >= 15 is 0 Å². The average Bonchev–Trinajstić information content (AvgIpc) is 2.36. The van der Waals surface area contributed by atoms with E-state index in [1.807, 2.05) is 0 Å². The number of benzene rings is 1. The molecule has 4 N–H and O–H groups in total. The molecule has 0 amide bonds. The third-order valence-corrected chi connectivity index (χ3v) is 4.23. The molecule has 0 heterocycles. The third-order valence-electron chi connectivity index (χ3n) is 3.10. The summed E-state index contributed by atoms with van der Waals surface area (Å²) in [5.74, 6) is -1.32. The Morgan fingerprint density at radius 1 is 1.37 bits per heavy atom. The van der Waals surface area contributed by atoms with Crippen molar-refractivity contribution in [2.45, 2.75) is 29.9 Å². The first kappa shape index (κ1) is 15.6. The summed E-state index contributed by atoms with van der Waals surface area (Å²) in [5, 5.41) is 19.3. The first-order valence-electron chi connectivity index (χ1n) is 5.64. The Kier molecular flexibility index (Phi) is 4.34. The highest BCUT2D eigenvalue weighted by Crippen LogP contribution is 2.28. The summed E-state index contributed by atoms with van der Waals surface area (Å²) in [6.07, 6.45) is 1.16. The molecule has 2 atom stereocenters. The van der Waals surface area contributed by atoms with Gasteiger partial charge in [0, 0.05) is 6.26 Å². The number of hydrogen-bond acceptors (Lipinski definition) is 5. The Bertz CT molecular complexity index is 566. The second-order valence-corrected chi connectivity index (χ2v) is 6.41. The van der Waals surface area contributed by atoms with E-state index < -0.39 is 27.4 Å². The molecule has 0 saturated carbocycles. The molecule has 0 aromatic heterocycles. The molecule has 0 bridgehead atoms. The van der Waals surface area contributed by atoms with Gasteiger partial charge in [0.2, 0.25) is 0 Å². The van der Waals surface area contributed by atoms with Crippen LogP contribution < -0.4 is 5.73 Å². The number of rotatable bonds is 5. The summed E-state index contributed by atoms with van der Waals surface area (Å²) in [6.45, 7) is 1.60. The van der Waals surface area contributed by atoms with Crippen molar-refractivity contribution >= 4 is 15.8 Å². The zero-order valence-electron chi connectivity index (χ0n) is 10.7. The molecule has 1 aromatic rings. The van der Waals surface area contributed by atoms with Gasteiger partial charge in [-0.1, -0.05) is 19.1 Å². The monoisotopic (exact) mass is 287 g/mol. The summed E-state index contributed by atoms with van der Waals surface area (Å²) in [6, 6.07) is 3.91. The summed E-state index contributed by atoms with van der Waals surface area (Å²) in [4.78, 5) is 11.0. The van der Waals surface area contributed by atoms with Crippen molar-refractivity contribution in [3.05, 3.63) is 29.8 Å². The number of hydrogen-bond donors (Lipinski definition) is 3. The number of sulfone groups is 1. The first-order valence-corrected chi connectivity index (χ1v) is 7.53. The van der Waals surface area contributed by atoms with Gasteiger partial charge in [-0.05, 0) is 24.1 Å². The molecule has 7 heteroatoms. The van der Waals surface area contributed by atoms with Crippen LogP contribution in [0.4, 0.5) is 0 Å². The molecule has 106 valence electrons. The standard InChI is InChI=1S/C12H17NO5S/c1-3-12(16,10(13)11(14)15)8-4-6-9(7-5-8)19(2,17)18/h4-7,10,16H,3,13H2,1-2H3,(H,14,15). The number of aliphatic hydroxyl groups is 1. The maximum atomic E-state index is 11.3. The molecular formula is C12H17NO5S. The first-order chi connectivity index (χ1) is 8.63. The predicted molar refractivity (Wildman–Crippen MR) is 69.4 cm³/mol. The van der Waals surface area contributed by atoms with Crippen LogP contribution in [0.3, 0.4) is 0 Å². The molecule has 0 aliphatic rings. The molecule has 0 aliphatic heterocycles. The maximum Gasteiger partial charge on any atom is 0.323 e. The number of aliphatic carboxylic acids is 1. The average molecular weight is 287 g/mol. The van der Waals surface area contributed by atoms with E-state index in [4.69, 9.17) is 10.8 Å². The molecule has 1 rings (SSSR count). The molecule has 0 fully saturated rings. The number of nitrogens with two attached hydrogens (primary N) is 1. The van der Waals surface area contributed by atoms with Crippen LogP contribution in [0, 0.1) is 0 Å². The van der Waals surface area contributed by atoms with Gasteiger partial charge < -0.3 is 15.9 Å². The maximum absolute atomic E-state index is 11.3. The van der Waals surface area contributed by atoms with Crippen molar-refractivity contribution in [1.29, 1.82) is 0 Å². The van der Waals surface area contributed by atoms with Crippen LogP contribution in [0.1, 0.15) is 18.9 Å². The topological polar surface area (TPSA) is 118 Å². The Hall–Kier alpha value is -1.44. The Morgan fingerprint density at radius 3 is 2.16 bits per heavy atom. The van der Waals surface area contributed by atoms with Gasteiger partial charge in [0.25, 0.3) is 0 Å². The van der Waals surface area contributed by atoms with Crippen LogP contribution in [0.15, 0.2) is 29.2 Å². The van der Waals surface area contributed by atoms with E-state index in [1.54, 1.807) is 6.92 Å². The SMILES string of the molecule is CCC(O)(c1ccc(S(C)(=O)=O)cc1)C(N)C(=O)O. The van der Waals surface area contributed by atoms with Gasteiger partial charge in [-0.2, -0.15) is 0 Å². The quantitative estimate of drug-likeness (QED) is 0.707. The molecule has 2 unspecified atom stereocenters. The normalized spacial score (nSPS) is 16.6. The smallest absolute Gasteiger partial charge is 0.323 e. The van der Waals surface area contributed by atoms with E-state index in [-0.39, 0.29) is 16.9 Å². The van der Waals surface area contributed by atoms with E-state index in [0.29, 0.717) is 0 Å². The van der Waals surface area contributed by atoms with Crippen LogP contribution in [0.2, 0.25) is 0 Å². The van der Waals surface area contributed by atoms with Crippen molar-refractivity contribution in [3.8, 4) is 0 Å². The van der Waals surface area contributed by atoms with Crippen LogP contribution in [0.5, 0.6) is 0 Å². The minimum absolute atomic E-state index is 0.0959. The molecule has 1 aromatic carbocycles. The third kappa shape index (κ3) is 3.12. The van der Waals surface area contributed by atoms with Gasteiger partial charge in [-0.25, -0.2) is 8.42 Å². The number of carboxylic acids is 1. The molecule has 0 radical (unpaired) electrons. The second kappa shape index (κ2) is 5.28. The molecular weight excluding hydrogens is 270 g/mol. The number of carbonyl (C=O) groups is 1. The van der Waals surface area contributed by atoms with Gasteiger partial charge >= 0.3 is 5.97 Å². The lowest BCUT2D eigenvalue weighted by atomic mass is 9.84. The summed E-state index contributed by atoms with van der Waals surface area (Å²) < 4.78 is 22.6. The van der Waals surface area contributed by atoms with Crippen molar-refractivity contribution in [2.75, 3.05) is 6.26 Å². The zero-order chi connectivity index (χ0) is 14.8. The highest BCUT2D eigenvalue weighted by Gasteiger charge is 2.39. The molecule has 0 aliphatic carbocycles. The predicted octanol–water partition coefficient (Wildman–Crippen LogP) is 0.0996. The molecule has 0 saturated heterocycles. The van der Waals surface area contributed by atoms with E-state index in [1.165, 1.54) is 24.3 Å². The fourth-order valence-corrected chi connectivity index (χ4v) is 2.43. The van der Waals surface area contributed by atoms with Crippen LogP contribution in [-0.2, 0) is 20.2 Å². The van der Waals surface area contributed by atoms with Crippen molar-refractivity contribution in [1.82, 2.24) is 0 Å². The van der Waals surface area contributed by atoms with Gasteiger partial charge in [0.15, 0.2) is 9.84 Å². The lowest BCUT2D eigenvalue weighted by Crippen LogP contribution is -2.50. The van der Waals surface area contributed by atoms with Crippen LogP contribution in [0.25, 0.3) is 0 Å². The number of carboxylic acid groups (broad SMARTS) is 1. The van der Waals surface area contributed by atoms with E-state index in [0.717, 1.165) is 6.26 Å². The van der Waals surface area contributed by atoms with Gasteiger partial charge in [0.05, 0.1) is 4.90 Å². The van der Waals surface area contributed by atoms with Crippen molar-refractivity contribution < 1.29 is 23.4 Å². The van der Waals surface area contributed by atoms with Crippen molar-refractivity contribution in [3.63, 3.8) is 0 Å². The molecule has 19 heavy (non-hydrogen) atoms. The minimum atomic E-state index is -3.34. The summed E-state index contributed by atoms with van der Waals surface area (Å²) >= 11 is 0. The minimum Gasteiger partial charge on any atom is -0.480 e. The van der Waals surface area contributed by atoms with E-state index in [9.17, 15) is 18.3 Å². The Balaban J connectivity index is 3.24. The lowest BCUT2D eigenvalue weighted by Gasteiger charge is -2.31. The van der Waals surface area contributed by atoms with Gasteiger partial charge in [-0.3, -0.25) is 4.79 Å². The molecule has 6 nitrogen and oxygen atoms in total. The van der Waals surface area contributed by atoms with Crippen molar-refractivity contribution in [2.24, 2.45) is 5.73 Å². The largest absolute Gasteiger partial charge is 0.480 e. The fourth-order valence-electron chi connectivity index (χ4n) is 1.80. The van der Waals surface area contributed by atoms with Gasteiger partial charge in [-0.15, -0.1) is 0 Å². The van der Waals surface area contributed by atoms with Crippen LogP contribution >= 0.6 is 0 Å². The zero-order valence-corrected chi connectivity index (χ0v) is 11.5. The summed E-state index contributed by atoms with van der Waals surface area (Å²) in [7, 11) is -3.34.